The third-order valence-electron chi connectivity index (χ3n) is 12.7. The minimum absolute atomic E-state index is 0.601. The van der Waals surface area contributed by atoms with Gasteiger partial charge >= 0.3 is 0 Å². The van der Waals surface area contributed by atoms with Gasteiger partial charge in [-0.2, -0.15) is 10.5 Å². The Balaban J connectivity index is 1.14. The molecule has 12 rings (SSSR count). The first-order valence-corrected chi connectivity index (χ1v) is 22.6. The minimum atomic E-state index is -2.05. The molecule has 1 aliphatic rings. The quantitative estimate of drug-likeness (QED) is 0.169. The van der Waals surface area contributed by atoms with E-state index in [1.54, 1.807) is 0 Å². The molecule has 0 saturated heterocycles. The number of hydrogen-bond donors (Lipinski definition) is 0. The molecule has 0 saturated carbocycles. The summed E-state index contributed by atoms with van der Waals surface area (Å²) in [7, 11) is -2.05. The fraction of sp³-hybridized carbons (Fsp3) is 0.0385. The molecule has 0 unspecified atom stereocenters. The van der Waals surface area contributed by atoms with E-state index in [-0.39, 0.29) is 0 Å². The number of hydrogen-bond acceptors (Lipinski definition) is 2. The second kappa shape index (κ2) is 11.7. The molecule has 270 valence electrons. The van der Waals surface area contributed by atoms with Crippen LogP contribution < -0.4 is 10.4 Å². The molecule has 0 amide bonds. The summed E-state index contributed by atoms with van der Waals surface area (Å²) in [4.78, 5) is 0. The number of benzene rings is 8. The average Bonchev–Trinajstić information content (AvgIpc) is 3.96. The molecule has 4 heterocycles. The highest BCUT2D eigenvalue weighted by Crippen LogP contribution is 2.43. The fourth-order valence-corrected chi connectivity index (χ4v) is 13.1. The van der Waals surface area contributed by atoms with E-state index in [0.29, 0.717) is 11.1 Å². The van der Waals surface area contributed by atoms with Crippen molar-refractivity contribution in [2.45, 2.75) is 13.1 Å². The SMILES string of the molecule is C[Si]1(C)c2ccc(-n3c4ccc(C#N)cc4c4cc(C#N)ccc43)cc2-c2cc(-n3c4ccccc4c4ccc5c6ccccc6n(-c6ccccc6)c5c43)ccc21. The average molecular weight is 756 g/mol. The van der Waals surface area contributed by atoms with E-state index in [2.05, 4.69) is 166 Å². The second-order valence-electron chi connectivity index (χ2n) is 16.0. The van der Waals surface area contributed by atoms with Crippen LogP contribution in [0.2, 0.25) is 13.1 Å². The van der Waals surface area contributed by atoms with Crippen LogP contribution >= 0.6 is 0 Å². The lowest BCUT2D eigenvalue weighted by atomic mass is 10.0. The van der Waals surface area contributed by atoms with Gasteiger partial charge in [0.25, 0.3) is 0 Å². The molecule has 0 N–H and O–H groups in total. The van der Waals surface area contributed by atoms with Crippen LogP contribution in [0.25, 0.3) is 93.6 Å². The Bertz CT molecular complexity index is 3610. The highest BCUT2D eigenvalue weighted by atomic mass is 28.3. The zero-order valence-corrected chi connectivity index (χ0v) is 32.8. The van der Waals surface area contributed by atoms with Crippen LogP contribution in [0.15, 0.2) is 164 Å². The third kappa shape index (κ3) is 4.27. The predicted molar refractivity (Wildman–Crippen MR) is 241 cm³/mol. The number of fused-ring (bicyclic) bond motifs is 13. The van der Waals surface area contributed by atoms with Crippen molar-refractivity contribution >= 4 is 83.9 Å². The minimum Gasteiger partial charge on any atom is -0.309 e. The number of aromatic nitrogens is 3. The van der Waals surface area contributed by atoms with Crippen molar-refractivity contribution in [3.63, 3.8) is 0 Å². The van der Waals surface area contributed by atoms with E-state index < -0.39 is 8.07 Å². The Morgan fingerprint density at radius 1 is 0.379 bits per heavy atom. The Hall–Kier alpha value is -7.64. The number of nitrogens with zero attached hydrogens (tertiary/aromatic N) is 5. The zero-order valence-electron chi connectivity index (χ0n) is 31.8. The van der Waals surface area contributed by atoms with Crippen LogP contribution in [0, 0.1) is 22.7 Å². The highest BCUT2D eigenvalue weighted by Gasteiger charge is 2.38. The van der Waals surface area contributed by atoms with E-state index in [1.165, 1.54) is 65.1 Å². The van der Waals surface area contributed by atoms with E-state index in [1.807, 2.05) is 36.4 Å². The Morgan fingerprint density at radius 3 is 1.34 bits per heavy atom. The molecule has 8 aromatic carbocycles. The van der Waals surface area contributed by atoms with Gasteiger partial charge in [0.05, 0.1) is 56.4 Å². The summed E-state index contributed by atoms with van der Waals surface area (Å²) in [6.45, 7) is 4.93. The maximum Gasteiger partial charge on any atom is 0.113 e. The summed E-state index contributed by atoms with van der Waals surface area (Å²) in [5.74, 6) is 0. The fourth-order valence-electron chi connectivity index (χ4n) is 10.1. The van der Waals surface area contributed by atoms with Gasteiger partial charge in [0.15, 0.2) is 0 Å². The molecule has 0 bridgehead atoms. The van der Waals surface area contributed by atoms with E-state index in [4.69, 9.17) is 0 Å². The highest BCUT2D eigenvalue weighted by molar-refractivity contribution is 7.03. The third-order valence-corrected chi connectivity index (χ3v) is 16.2. The molecule has 3 aromatic heterocycles. The summed E-state index contributed by atoms with van der Waals surface area (Å²) in [5.41, 5.74) is 13.9. The monoisotopic (exact) mass is 755 g/mol. The van der Waals surface area contributed by atoms with Gasteiger partial charge in [-0.25, -0.2) is 0 Å². The lowest BCUT2D eigenvalue weighted by molar-refractivity contribution is 1.15. The first-order chi connectivity index (χ1) is 28.4. The Morgan fingerprint density at radius 2 is 0.828 bits per heavy atom. The van der Waals surface area contributed by atoms with Gasteiger partial charge in [0, 0.05) is 49.4 Å². The van der Waals surface area contributed by atoms with Crippen molar-refractivity contribution < 1.29 is 0 Å². The number of rotatable bonds is 3. The zero-order chi connectivity index (χ0) is 38.9. The van der Waals surface area contributed by atoms with Crippen molar-refractivity contribution in [3.8, 4) is 40.3 Å². The predicted octanol–water partition coefficient (Wildman–Crippen LogP) is 11.5. The maximum absolute atomic E-state index is 9.79. The van der Waals surface area contributed by atoms with Gasteiger partial charge in [-0.15, -0.1) is 0 Å². The number of nitriles is 2. The lowest BCUT2D eigenvalue weighted by Gasteiger charge is -2.19. The van der Waals surface area contributed by atoms with Gasteiger partial charge in [-0.3, -0.25) is 0 Å². The van der Waals surface area contributed by atoms with Gasteiger partial charge < -0.3 is 13.7 Å². The normalized spacial score (nSPS) is 13.1. The van der Waals surface area contributed by atoms with Crippen LogP contribution in [-0.2, 0) is 0 Å². The van der Waals surface area contributed by atoms with Crippen LogP contribution in [0.3, 0.4) is 0 Å². The van der Waals surface area contributed by atoms with Crippen molar-refractivity contribution in [2.24, 2.45) is 0 Å². The first-order valence-electron chi connectivity index (χ1n) is 19.6. The van der Waals surface area contributed by atoms with Crippen molar-refractivity contribution in [3.05, 3.63) is 175 Å². The van der Waals surface area contributed by atoms with Crippen molar-refractivity contribution in [1.82, 2.24) is 13.7 Å². The van der Waals surface area contributed by atoms with E-state index in [0.717, 1.165) is 38.9 Å². The molecule has 58 heavy (non-hydrogen) atoms. The van der Waals surface area contributed by atoms with Crippen LogP contribution in [0.5, 0.6) is 0 Å². The summed E-state index contributed by atoms with van der Waals surface area (Å²) in [6, 6.07) is 63.4. The van der Waals surface area contributed by atoms with E-state index >= 15 is 0 Å². The van der Waals surface area contributed by atoms with Crippen LogP contribution in [-0.4, -0.2) is 21.8 Å². The molecule has 0 atom stereocenters. The van der Waals surface area contributed by atoms with Crippen molar-refractivity contribution in [1.29, 1.82) is 10.5 Å². The van der Waals surface area contributed by atoms with E-state index in [9.17, 15) is 10.5 Å². The van der Waals surface area contributed by atoms with Gasteiger partial charge in [-0.05, 0) is 106 Å². The Kier molecular flexibility index (Phi) is 6.57. The maximum atomic E-state index is 9.79. The molecule has 0 radical (unpaired) electrons. The smallest absolute Gasteiger partial charge is 0.113 e. The summed E-state index contributed by atoms with van der Waals surface area (Å²) >= 11 is 0. The first kappa shape index (κ1) is 32.6. The second-order valence-corrected chi connectivity index (χ2v) is 20.3. The van der Waals surface area contributed by atoms with Gasteiger partial charge in [0.2, 0.25) is 0 Å². The summed E-state index contributed by atoms with van der Waals surface area (Å²) < 4.78 is 7.22. The van der Waals surface area contributed by atoms with Crippen molar-refractivity contribution in [2.75, 3.05) is 0 Å². The van der Waals surface area contributed by atoms with Crippen LogP contribution in [0.1, 0.15) is 11.1 Å². The molecule has 5 nitrogen and oxygen atoms in total. The molecular formula is C52H33N5Si. The Labute approximate surface area is 335 Å². The molecule has 6 heteroatoms. The molecule has 11 aromatic rings. The van der Waals surface area contributed by atoms with Crippen LogP contribution in [0.4, 0.5) is 0 Å². The molecule has 1 aliphatic heterocycles. The largest absolute Gasteiger partial charge is 0.309 e. The summed E-state index contributed by atoms with van der Waals surface area (Å²) in [5, 5.41) is 29.3. The molecule has 0 fully saturated rings. The molecule has 0 spiro atoms. The number of para-hydroxylation sites is 3. The topological polar surface area (TPSA) is 62.4 Å². The standard InChI is InChI=1S/C52H33N5Si/c1-58(2)49-24-18-35(55-47-22-16-32(30-53)26-41(47)42-27-33(31-54)17-23-48(42)55)28-43(49)44-29-36(19-25-50(44)58)57-46-15-9-7-13-38(46)40-21-20-39-37-12-6-8-14-45(37)56(51(39)52(40)57)34-10-4-3-5-11-34/h3-29H,1-2H3. The summed E-state index contributed by atoms with van der Waals surface area (Å²) in [6.07, 6.45) is 0. The molecule has 0 aliphatic carbocycles. The van der Waals surface area contributed by atoms with Gasteiger partial charge in [-0.1, -0.05) is 92.0 Å². The lowest BCUT2D eigenvalue weighted by Crippen LogP contribution is -2.49. The molecular weight excluding hydrogens is 723 g/mol. The van der Waals surface area contributed by atoms with Gasteiger partial charge in [0.1, 0.15) is 8.07 Å².